The molecule has 0 fully saturated rings. The Morgan fingerprint density at radius 3 is 2.76 bits per heavy atom. The van der Waals surface area contributed by atoms with Crippen LogP contribution in [0.4, 0.5) is 5.69 Å². The van der Waals surface area contributed by atoms with E-state index in [2.05, 4.69) is 6.07 Å². The topological polar surface area (TPSA) is 64.0 Å². The van der Waals surface area contributed by atoms with Gasteiger partial charge in [-0.1, -0.05) is 18.2 Å². The fourth-order valence-electron chi connectivity index (χ4n) is 2.77. The van der Waals surface area contributed by atoms with Crippen LogP contribution in [-0.4, -0.2) is 60.4 Å². The number of hydrogen-bond donors (Lipinski definition) is 2. The summed E-state index contributed by atoms with van der Waals surface area (Å²) >= 11 is 0. The van der Waals surface area contributed by atoms with Crippen molar-refractivity contribution < 1.29 is 15.0 Å². The zero-order chi connectivity index (χ0) is 15.1. The molecular formula is C16H24N2O3. The Morgan fingerprint density at radius 2 is 2.00 bits per heavy atom. The Kier molecular flexibility index (Phi) is 6.17. The molecule has 0 bridgehead atoms. The molecule has 1 aliphatic rings. The molecule has 0 saturated heterocycles. The summed E-state index contributed by atoms with van der Waals surface area (Å²) in [5.74, 6) is 0.0635. The first-order valence-electron chi connectivity index (χ1n) is 7.58. The van der Waals surface area contributed by atoms with Crippen molar-refractivity contribution in [3.63, 3.8) is 0 Å². The number of aliphatic hydroxyl groups excluding tert-OH is 2. The van der Waals surface area contributed by atoms with E-state index in [1.807, 2.05) is 28.0 Å². The van der Waals surface area contributed by atoms with Gasteiger partial charge in [0, 0.05) is 31.9 Å². The minimum atomic E-state index is 0.0231. The number of hydrogen-bond acceptors (Lipinski definition) is 4. The number of aryl methyl sites for hydroxylation is 1. The zero-order valence-electron chi connectivity index (χ0n) is 12.4. The van der Waals surface area contributed by atoms with E-state index in [1.165, 1.54) is 5.56 Å². The third-order valence-electron chi connectivity index (χ3n) is 3.82. The van der Waals surface area contributed by atoms with Crippen molar-refractivity contribution in [2.24, 2.45) is 0 Å². The number of aliphatic hydroxyl groups is 2. The van der Waals surface area contributed by atoms with Crippen LogP contribution >= 0.6 is 0 Å². The molecule has 0 atom stereocenters. The van der Waals surface area contributed by atoms with Crippen LogP contribution in [0.1, 0.15) is 18.4 Å². The van der Waals surface area contributed by atoms with Crippen molar-refractivity contribution in [3.05, 3.63) is 29.8 Å². The molecule has 5 nitrogen and oxygen atoms in total. The molecular weight excluding hydrogens is 268 g/mol. The van der Waals surface area contributed by atoms with Crippen molar-refractivity contribution in [2.45, 2.75) is 19.3 Å². The first-order valence-corrected chi connectivity index (χ1v) is 7.58. The van der Waals surface area contributed by atoms with Gasteiger partial charge in [0.2, 0.25) is 5.91 Å². The van der Waals surface area contributed by atoms with Gasteiger partial charge in [-0.05, 0) is 30.9 Å². The highest BCUT2D eigenvalue weighted by Crippen LogP contribution is 2.26. The van der Waals surface area contributed by atoms with Gasteiger partial charge in [-0.25, -0.2) is 0 Å². The number of benzene rings is 1. The molecule has 1 amide bonds. The van der Waals surface area contributed by atoms with Gasteiger partial charge in [0.15, 0.2) is 0 Å². The van der Waals surface area contributed by atoms with Crippen LogP contribution in [-0.2, 0) is 11.2 Å². The molecule has 0 unspecified atom stereocenters. The fourth-order valence-corrected chi connectivity index (χ4v) is 2.77. The highest BCUT2D eigenvalue weighted by molar-refractivity contribution is 5.95. The summed E-state index contributed by atoms with van der Waals surface area (Å²) in [6, 6.07) is 8.04. The van der Waals surface area contributed by atoms with Crippen LogP contribution in [0.3, 0.4) is 0 Å². The number of para-hydroxylation sites is 1. The van der Waals surface area contributed by atoms with E-state index >= 15 is 0 Å². The number of fused-ring (bicyclic) bond motifs is 1. The predicted octanol–water partition coefficient (Wildman–Crippen LogP) is 0.642. The van der Waals surface area contributed by atoms with Crippen LogP contribution in [0.15, 0.2) is 24.3 Å². The molecule has 0 saturated carbocycles. The lowest BCUT2D eigenvalue weighted by Crippen LogP contribution is -2.44. The van der Waals surface area contributed by atoms with E-state index in [0.717, 1.165) is 25.1 Å². The minimum absolute atomic E-state index is 0.0231. The van der Waals surface area contributed by atoms with Crippen molar-refractivity contribution in [3.8, 4) is 0 Å². The molecule has 5 heteroatoms. The van der Waals surface area contributed by atoms with Crippen LogP contribution in [0.2, 0.25) is 0 Å². The first-order chi connectivity index (χ1) is 10.3. The largest absolute Gasteiger partial charge is 0.396 e. The van der Waals surface area contributed by atoms with Gasteiger partial charge < -0.3 is 15.1 Å². The molecule has 1 aromatic carbocycles. The summed E-state index contributed by atoms with van der Waals surface area (Å²) < 4.78 is 0. The maximum absolute atomic E-state index is 12.5. The fraction of sp³-hybridized carbons (Fsp3) is 0.562. The van der Waals surface area contributed by atoms with Crippen molar-refractivity contribution >= 4 is 11.6 Å². The quantitative estimate of drug-likeness (QED) is 0.774. The SMILES string of the molecule is O=C(CN(CCO)CCCO)N1CCCc2ccccc21. The summed E-state index contributed by atoms with van der Waals surface area (Å²) in [6.45, 7) is 2.25. The van der Waals surface area contributed by atoms with Gasteiger partial charge in [0.1, 0.15) is 0 Å². The standard InChI is InChI=1S/C16H24N2O3/c19-11-4-8-17(10-12-20)13-16(21)18-9-3-6-14-5-1-2-7-15(14)18/h1-2,5,7,19-20H,3-4,6,8-13H2. The average Bonchev–Trinajstić information content (AvgIpc) is 2.52. The van der Waals surface area contributed by atoms with E-state index in [9.17, 15) is 4.79 Å². The summed E-state index contributed by atoms with van der Waals surface area (Å²) in [6.07, 6.45) is 2.62. The first kappa shape index (κ1) is 15.9. The number of nitrogens with zero attached hydrogens (tertiary/aromatic N) is 2. The lowest BCUT2D eigenvalue weighted by atomic mass is 10.0. The van der Waals surface area contributed by atoms with Crippen LogP contribution < -0.4 is 4.90 Å². The molecule has 2 N–H and O–H groups in total. The average molecular weight is 292 g/mol. The summed E-state index contributed by atoms with van der Waals surface area (Å²) in [5.41, 5.74) is 2.24. The molecule has 1 aliphatic heterocycles. The summed E-state index contributed by atoms with van der Waals surface area (Å²) in [7, 11) is 0. The van der Waals surface area contributed by atoms with Gasteiger partial charge in [0.25, 0.3) is 0 Å². The molecule has 21 heavy (non-hydrogen) atoms. The highest BCUT2D eigenvalue weighted by Gasteiger charge is 2.23. The van der Waals surface area contributed by atoms with Gasteiger partial charge >= 0.3 is 0 Å². The summed E-state index contributed by atoms with van der Waals surface area (Å²) in [4.78, 5) is 16.3. The predicted molar refractivity (Wildman–Crippen MR) is 82.3 cm³/mol. The molecule has 1 heterocycles. The van der Waals surface area contributed by atoms with Crippen molar-refractivity contribution in [2.75, 3.05) is 44.3 Å². The Balaban J connectivity index is 2.02. The number of amides is 1. The molecule has 0 radical (unpaired) electrons. The third kappa shape index (κ3) is 4.27. The van der Waals surface area contributed by atoms with Crippen molar-refractivity contribution in [1.29, 1.82) is 0 Å². The van der Waals surface area contributed by atoms with Crippen LogP contribution in [0, 0.1) is 0 Å². The zero-order valence-corrected chi connectivity index (χ0v) is 12.4. The number of carbonyl (C=O) groups excluding carboxylic acids is 1. The maximum Gasteiger partial charge on any atom is 0.241 e. The van der Waals surface area contributed by atoms with Gasteiger partial charge in [-0.2, -0.15) is 0 Å². The molecule has 1 aromatic rings. The number of anilines is 1. The van der Waals surface area contributed by atoms with Crippen LogP contribution in [0.5, 0.6) is 0 Å². The smallest absolute Gasteiger partial charge is 0.241 e. The molecule has 0 aromatic heterocycles. The van der Waals surface area contributed by atoms with E-state index in [4.69, 9.17) is 10.2 Å². The lowest BCUT2D eigenvalue weighted by molar-refractivity contribution is -0.120. The normalized spacial score (nSPS) is 14.3. The van der Waals surface area contributed by atoms with E-state index in [0.29, 0.717) is 19.5 Å². The molecule has 2 rings (SSSR count). The number of carbonyl (C=O) groups is 1. The minimum Gasteiger partial charge on any atom is -0.396 e. The lowest BCUT2D eigenvalue weighted by Gasteiger charge is -2.31. The Hall–Kier alpha value is -1.43. The second-order valence-electron chi connectivity index (χ2n) is 5.35. The summed E-state index contributed by atoms with van der Waals surface area (Å²) in [5, 5.41) is 18.0. The molecule has 0 aliphatic carbocycles. The van der Waals surface area contributed by atoms with Gasteiger partial charge in [-0.15, -0.1) is 0 Å². The van der Waals surface area contributed by atoms with E-state index in [-0.39, 0.29) is 25.7 Å². The van der Waals surface area contributed by atoms with E-state index in [1.54, 1.807) is 0 Å². The third-order valence-corrected chi connectivity index (χ3v) is 3.82. The Morgan fingerprint density at radius 1 is 1.19 bits per heavy atom. The Labute approximate surface area is 125 Å². The number of rotatable bonds is 7. The monoisotopic (exact) mass is 292 g/mol. The van der Waals surface area contributed by atoms with Gasteiger partial charge in [0.05, 0.1) is 13.2 Å². The Bertz CT molecular complexity index is 465. The van der Waals surface area contributed by atoms with Crippen molar-refractivity contribution in [1.82, 2.24) is 4.90 Å². The van der Waals surface area contributed by atoms with Gasteiger partial charge in [-0.3, -0.25) is 9.69 Å². The van der Waals surface area contributed by atoms with Crippen LogP contribution in [0.25, 0.3) is 0 Å². The highest BCUT2D eigenvalue weighted by atomic mass is 16.3. The van der Waals surface area contributed by atoms with E-state index < -0.39 is 0 Å². The maximum atomic E-state index is 12.5. The molecule has 116 valence electrons. The molecule has 0 spiro atoms. The second kappa shape index (κ2) is 8.12. The second-order valence-corrected chi connectivity index (χ2v) is 5.35.